The first-order valence-corrected chi connectivity index (χ1v) is 10.1. The third kappa shape index (κ3) is 4.78. The molecular weight excluding hydrogens is 352 g/mol. The minimum Gasteiger partial charge on any atom is -0.481 e. The number of nitrogens with one attached hydrogen (secondary N) is 1. The molecule has 1 aromatic rings. The minimum absolute atomic E-state index is 0.198. The average molecular weight is 378 g/mol. The van der Waals surface area contributed by atoms with Gasteiger partial charge in [0.05, 0.1) is 5.92 Å². The Balaban J connectivity index is 2.12. The predicted molar refractivity (Wildman–Crippen MR) is 102 cm³/mol. The summed E-state index contributed by atoms with van der Waals surface area (Å²) in [6.45, 7) is 4.08. The van der Waals surface area contributed by atoms with Crippen LogP contribution < -0.4 is 5.32 Å². The molecule has 2 rings (SSSR count). The van der Waals surface area contributed by atoms with Gasteiger partial charge in [-0.3, -0.25) is 14.4 Å². The SMILES string of the molecule is CSCCC(NC(=O)c1cccc(C)c1)C(=O)N1CCC(C(=O)O)C1C. The lowest BCUT2D eigenvalue weighted by Crippen LogP contribution is -2.50. The molecule has 2 amide bonds. The van der Waals surface area contributed by atoms with E-state index in [0.29, 0.717) is 24.9 Å². The molecule has 0 spiro atoms. The van der Waals surface area contributed by atoms with E-state index in [9.17, 15) is 19.5 Å². The molecule has 2 N–H and O–H groups in total. The van der Waals surface area contributed by atoms with E-state index in [1.165, 1.54) is 0 Å². The predicted octanol–water partition coefficient (Wildman–Crippen LogP) is 2.17. The van der Waals surface area contributed by atoms with Crippen molar-refractivity contribution in [2.75, 3.05) is 18.6 Å². The van der Waals surface area contributed by atoms with Crippen molar-refractivity contribution in [3.05, 3.63) is 35.4 Å². The van der Waals surface area contributed by atoms with Gasteiger partial charge in [0.25, 0.3) is 5.91 Å². The van der Waals surface area contributed by atoms with Crippen molar-refractivity contribution in [2.45, 2.75) is 38.8 Å². The first-order valence-electron chi connectivity index (χ1n) is 8.75. The van der Waals surface area contributed by atoms with Crippen LogP contribution in [0.1, 0.15) is 35.7 Å². The van der Waals surface area contributed by atoms with Crippen LogP contribution in [0.4, 0.5) is 0 Å². The van der Waals surface area contributed by atoms with E-state index >= 15 is 0 Å². The largest absolute Gasteiger partial charge is 0.481 e. The number of thioether (sulfide) groups is 1. The maximum atomic E-state index is 13.0. The van der Waals surface area contributed by atoms with Gasteiger partial charge in [-0.05, 0) is 50.8 Å². The number of aliphatic carboxylic acids is 1. The molecule has 1 saturated heterocycles. The van der Waals surface area contributed by atoms with Gasteiger partial charge < -0.3 is 15.3 Å². The summed E-state index contributed by atoms with van der Waals surface area (Å²) in [5.74, 6) is -1.18. The fourth-order valence-corrected chi connectivity index (χ4v) is 3.77. The fraction of sp³-hybridized carbons (Fsp3) is 0.526. The van der Waals surface area contributed by atoms with Crippen LogP contribution >= 0.6 is 11.8 Å². The summed E-state index contributed by atoms with van der Waals surface area (Å²) >= 11 is 1.61. The fourth-order valence-electron chi connectivity index (χ4n) is 3.30. The molecule has 1 fully saturated rings. The number of hydrogen-bond acceptors (Lipinski definition) is 4. The van der Waals surface area contributed by atoms with Gasteiger partial charge in [0.1, 0.15) is 6.04 Å². The highest BCUT2D eigenvalue weighted by Crippen LogP contribution is 2.25. The van der Waals surface area contributed by atoms with Crippen LogP contribution in [0.3, 0.4) is 0 Å². The Labute approximate surface area is 158 Å². The Bertz CT molecular complexity index is 679. The van der Waals surface area contributed by atoms with Crippen LogP contribution in [0.2, 0.25) is 0 Å². The van der Waals surface area contributed by atoms with E-state index < -0.39 is 17.9 Å². The van der Waals surface area contributed by atoms with E-state index in [1.54, 1.807) is 35.7 Å². The first-order chi connectivity index (χ1) is 12.3. The summed E-state index contributed by atoms with van der Waals surface area (Å²) in [4.78, 5) is 38.4. The number of benzene rings is 1. The molecule has 142 valence electrons. The van der Waals surface area contributed by atoms with Crippen molar-refractivity contribution >= 4 is 29.5 Å². The van der Waals surface area contributed by atoms with Crippen molar-refractivity contribution < 1.29 is 19.5 Å². The van der Waals surface area contributed by atoms with Gasteiger partial charge in [-0.1, -0.05) is 17.7 Å². The van der Waals surface area contributed by atoms with Gasteiger partial charge in [0.15, 0.2) is 0 Å². The Morgan fingerprint density at radius 1 is 1.38 bits per heavy atom. The van der Waals surface area contributed by atoms with Crippen LogP contribution in [0.15, 0.2) is 24.3 Å². The monoisotopic (exact) mass is 378 g/mol. The van der Waals surface area contributed by atoms with Gasteiger partial charge >= 0.3 is 5.97 Å². The zero-order valence-corrected chi connectivity index (χ0v) is 16.2. The Morgan fingerprint density at radius 2 is 2.12 bits per heavy atom. The number of likely N-dealkylation sites (tertiary alicyclic amines) is 1. The summed E-state index contributed by atoms with van der Waals surface area (Å²) in [7, 11) is 0. The highest BCUT2D eigenvalue weighted by molar-refractivity contribution is 7.98. The number of hydrogen-bond donors (Lipinski definition) is 2. The number of rotatable bonds is 7. The lowest BCUT2D eigenvalue weighted by molar-refractivity contribution is -0.143. The Hall–Kier alpha value is -2.02. The Morgan fingerprint density at radius 3 is 2.69 bits per heavy atom. The molecule has 3 unspecified atom stereocenters. The van der Waals surface area contributed by atoms with Crippen LogP contribution in [-0.4, -0.2) is 58.4 Å². The van der Waals surface area contributed by atoms with Crippen LogP contribution in [0.25, 0.3) is 0 Å². The topological polar surface area (TPSA) is 86.7 Å². The third-order valence-corrected chi connectivity index (χ3v) is 5.49. The highest BCUT2D eigenvalue weighted by Gasteiger charge is 2.40. The van der Waals surface area contributed by atoms with Crippen molar-refractivity contribution in [1.29, 1.82) is 0 Å². The summed E-state index contributed by atoms with van der Waals surface area (Å²) in [5, 5.41) is 12.1. The van der Waals surface area contributed by atoms with Crippen molar-refractivity contribution in [1.82, 2.24) is 10.2 Å². The molecule has 1 aliphatic rings. The number of aryl methyl sites for hydroxylation is 1. The van der Waals surface area contributed by atoms with E-state index in [1.807, 2.05) is 25.3 Å². The first kappa shape index (κ1) is 20.3. The molecule has 0 saturated carbocycles. The van der Waals surface area contributed by atoms with Crippen LogP contribution in [0, 0.1) is 12.8 Å². The molecule has 1 aromatic carbocycles. The van der Waals surface area contributed by atoms with Crippen molar-refractivity contribution in [2.24, 2.45) is 5.92 Å². The summed E-state index contributed by atoms with van der Waals surface area (Å²) in [6, 6.07) is 6.20. The van der Waals surface area contributed by atoms with Crippen molar-refractivity contribution in [3.63, 3.8) is 0 Å². The second-order valence-corrected chi connectivity index (χ2v) is 7.67. The number of carboxylic acids is 1. The summed E-state index contributed by atoms with van der Waals surface area (Å²) < 4.78 is 0. The zero-order valence-electron chi connectivity index (χ0n) is 15.4. The molecule has 3 atom stereocenters. The van der Waals surface area contributed by atoms with Crippen LogP contribution in [0.5, 0.6) is 0 Å². The minimum atomic E-state index is -0.878. The number of nitrogens with zero attached hydrogens (tertiary/aromatic N) is 1. The summed E-state index contributed by atoms with van der Waals surface area (Å²) in [6.07, 6.45) is 2.91. The van der Waals surface area contributed by atoms with Gasteiger partial charge in [-0.25, -0.2) is 0 Å². The maximum absolute atomic E-state index is 13.0. The molecular formula is C19H26N2O4S. The molecule has 0 aromatic heterocycles. The van der Waals surface area contributed by atoms with Gasteiger partial charge in [-0.2, -0.15) is 11.8 Å². The number of carbonyl (C=O) groups excluding carboxylic acids is 2. The molecule has 7 heteroatoms. The van der Waals surface area contributed by atoms with Crippen LogP contribution in [-0.2, 0) is 9.59 Å². The number of amides is 2. The number of carbonyl (C=O) groups is 3. The lowest BCUT2D eigenvalue weighted by atomic mass is 10.0. The average Bonchev–Trinajstić information content (AvgIpc) is 2.99. The molecule has 26 heavy (non-hydrogen) atoms. The molecule has 0 aliphatic carbocycles. The molecule has 1 heterocycles. The molecule has 0 radical (unpaired) electrons. The van der Waals surface area contributed by atoms with E-state index in [0.717, 1.165) is 11.3 Å². The van der Waals surface area contributed by atoms with E-state index in [-0.39, 0.29) is 17.9 Å². The molecule has 0 bridgehead atoms. The normalized spacial score (nSPS) is 20.7. The lowest BCUT2D eigenvalue weighted by Gasteiger charge is -2.28. The van der Waals surface area contributed by atoms with Crippen molar-refractivity contribution in [3.8, 4) is 0 Å². The standard InChI is InChI=1S/C19H26N2O4S/c1-12-5-4-6-14(11-12)17(22)20-16(8-10-26-3)18(23)21-9-7-15(13(21)2)19(24)25/h4-6,11,13,15-16H,7-10H2,1-3H3,(H,20,22)(H,24,25). The smallest absolute Gasteiger partial charge is 0.308 e. The Kier molecular flexibility index (Phi) is 7.08. The van der Waals surface area contributed by atoms with E-state index in [4.69, 9.17) is 0 Å². The third-order valence-electron chi connectivity index (χ3n) is 4.85. The number of carboxylic acid groups (broad SMARTS) is 1. The van der Waals surface area contributed by atoms with Gasteiger partial charge in [-0.15, -0.1) is 0 Å². The molecule has 1 aliphatic heterocycles. The quantitative estimate of drug-likeness (QED) is 0.759. The second kappa shape index (κ2) is 9.07. The zero-order chi connectivity index (χ0) is 19.3. The van der Waals surface area contributed by atoms with Gasteiger partial charge in [0, 0.05) is 18.2 Å². The highest BCUT2D eigenvalue weighted by atomic mass is 32.2. The van der Waals surface area contributed by atoms with E-state index in [2.05, 4.69) is 5.32 Å². The van der Waals surface area contributed by atoms with Gasteiger partial charge in [0.2, 0.25) is 5.91 Å². The molecule has 6 nitrogen and oxygen atoms in total. The summed E-state index contributed by atoms with van der Waals surface area (Å²) in [5.41, 5.74) is 1.49. The maximum Gasteiger partial charge on any atom is 0.308 e. The second-order valence-electron chi connectivity index (χ2n) is 6.68.